The van der Waals surface area contributed by atoms with Gasteiger partial charge in [0.25, 0.3) is 0 Å². The first-order valence-electron chi connectivity index (χ1n) is 6.41. The molecule has 1 aromatic carbocycles. The van der Waals surface area contributed by atoms with Gasteiger partial charge in [0, 0.05) is 0 Å². The summed E-state index contributed by atoms with van der Waals surface area (Å²) >= 11 is 0. The molecule has 4 saturated carbocycles. The molecule has 4 unspecified atom stereocenters. The fourth-order valence-electron chi connectivity index (χ4n) is 6.73. The summed E-state index contributed by atoms with van der Waals surface area (Å²) in [7, 11) is 0. The summed E-state index contributed by atoms with van der Waals surface area (Å²) < 4.78 is 0. The predicted octanol–water partition coefficient (Wildman–Crippen LogP) is 2.51. The van der Waals surface area contributed by atoms with Crippen LogP contribution in [0.25, 0.3) is 0 Å². The van der Waals surface area contributed by atoms with Gasteiger partial charge < -0.3 is 0 Å². The predicted molar refractivity (Wildman–Crippen MR) is 57.4 cm³/mol. The van der Waals surface area contributed by atoms with Gasteiger partial charge in [-0.25, -0.2) is 0 Å². The Morgan fingerprint density at radius 1 is 0.938 bits per heavy atom. The molecule has 1 heteroatoms. The van der Waals surface area contributed by atoms with Gasteiger partial charge >= 0.3 is 0 Å². The SMILES string of the molecule is N#CC12C3C4c5ccccc5C5C3C1C5C42. The summed E-state index contributed by atoms with van der Waals surface area (Å²) in [6.45, 7) is 0. The van der Waals surface area contributed by atoms with Crippen molar-refractivity contribution in [1.29, 1.82) is 5.26 Å². The molecule has 6 aliphatic rings. The maximum absolute atomic E-state index is 9.43. The average Bonchev–Trinajstić information content (AvgIpc) is 2.31. The highest BCUT2D eigenvalue weighted by molar-refractivity contribution is 5.60. The molecule has 0 N–H and O–H groups in total. The smallest absolute Gasteiger partial charge is 0.0699 e. The van der Waals surface area contributed by atoms with Crippen molar-refractivity contribution in [2.24, 2.45) is 35.0 Å². The number of hydrogen-bond donors (Lipinski definition) is 0. The first-order chi connectivity index (χ1) is 7.91. The van der Waals surface area contributed by atoms with E-state index in [4.69, 9.17) is 0 Å². The lowest BCUT2D eigenvalue weighted by atomic mass is 9.06. The fourth-order valence-corrected chi connectivity index (χ4v) is 6.73. The molecule has 7 rings (SSSR count). The number of rotatable bonds is 0. The van der Waals surface area contributed by atoms with E-state index in [1.807, 2.05) is 0 Å². The number of nitrogens with zero attached hydrogens (tertiary/aromatic N) is 1. The molecule has 0 spiro atoms. The van der Waals surface area contributed by atoms with Crippen LogP contribution in [0, 0.1) is 46.3 Å². The van der Waals surface area contributed by atoms with Gasteiger partial charge in [0.2, 0.25) is 0 Å². The van der Waals surface area contributed by atoms with Crippen molar-refractivity contribution in [2.75, 3.05) is 0 Å². The number of hydrogen-bond acceptors (Lipinski definition) is 1. The van der Waals surface area contributed by atoms with Crippen LogP contribution in [0.2, 0.25) is 0 Å². The van der Waals surface area contributed by atoms with Gasteiger partial charge in [-0.1, -0.05) is 24.3 Å². The Morgan fingerprint density at radius 2 is 1.56 bits per heavy atom. The second-order valence-corrected chi connectivity index (χ2v) is 6.46. The summed E-state index contributed by atoms with van der Waals surface area (Å²) in [5, 5.41) is 9.43. The Bertz CT molecular complexity index is 590. The van der Waals surface area contributed by atoms with Crippen molar-refractivity contribution in [3.8, 4) is 6.07 Å². The van der Waals surface area contributed by atoms with E-state index in [0.717, 1.165) is 41.4 Å². The van der Waals surface area contributed by atoms with Crippen molar-refractivity contribution in [1.82, 2.24) is 0 Å². The quantitative estimate of drug-likeness (QED) is 0.638. The Labute approximate surface area is 94.1 Å². The van der Waals surface area contributed by atoms with Crippen LogP contribution in [-0.2, 0) is 0 Å². The molecule has 0 heterocycles. The molecule has 0 saturated heterocycles. The van der Waals surface area contributed by atoms with Gasteiger partial charge in [0.05, 0.1) is 11.5 Å². The summed E-state index contributed by atoms with van der Waals surface area (Å²) in [4.78, 5) is 0. The van der Waals surface area contributed by atoms with Gasteiger partial charge in [0.1, 0.15) is 0 Å². The lowest BCUT2D eigenvalue weighted by Gasteiger charge is -2.95. The molecule has 6 aliphatic carbocycles. The molecule has 1 aromatic rings. The van der Waals surface area contributed by atoms with Crippen LogP contribution in [0.3, 0.4) is 0 Å². The Balaban J connectivity index is 1.68. The monoisotopic (exact) mass is 205 g/mol. The Morgan fingerprint density at radius 3 is 2.19 bits per heavy atom. The Hall–Kier alpha value is -1.29. The van der Waals surface area contributed by atoms with Gasteiger partial charge in [-0.3, -0.25) is 0 Å². The summed E-state index contributed by atoms with van der Waals surface area (Å²) in [5.41, 5.74) is 3.45. The molecule has 76 valence electrons. The van der Waals surface area contributed by atoms with Crippen LogP contribution < -0.4 is 0 Å². The lowest BCUT2D eigenvalue weighted by Crippen LogP contribution is -2.93. The molecular weight excluding hydrogens is 194 g/mol. The van der Waals surface area contributed by atoms with E-state index in [9.17, 15) is 5.26 Å². The zero-order chi connectivity index (χ0) is 10.2. The average molecular weight is 205 g/mol. The highest BCUT2D eigenvalue weighted by Gasteiger charge is 2.96. The highest BCUT2D eigenvalue weighted by atomic mass is 15.0. The molecular formula is C15H11N. The largest absolute Gasteiger partial charge is 0.198 e. The van der Waals surface area contributed by atoms with E-state index in [2.05, 4.69) is 30.3 Å². The van der Waals surface area contributed by atoms with Crippen molar-refractivity contribution >= 4 is 0 Å². The van der Waals surface area contributed by atoms with Crippen LogP contribution in [0.4, 0.5) is 0 Å². The first-order valence-corrected chi connectivity index (χ1v) is 6.41. The van der Waals surface area contributed by atoms with Crippen LogP contribution in [0.1, 0.15) is 23.0 Å². The van der Waals surface area contributed by atoms with Crippen LogP contribution in [0.5, 0.6) is 0 Å². The number of nitriles is 1. The van der Waals surface area contributed by atoms with E-state index in [0.29, 0.717) is 0 Å². The third kappa shape index (κ3) is 0.349. The summed E-state index contributed by atoms with van der Waals surface area (Å²) in [6.07, 6.45) is 0. The van der Waals surface area contributed by atoms with E-state index >= 15 is 0 Å². The highest BCUT2D eigenvalue weighted by Crippen LogP contribution is 2.99. The second kappa shape index (κ2) is 1.64. The van der Waals surface area contributed by atoms with Crippen molar-refractivity contribution < 1.29 is 0 Å². The zero-order valence-corrected chi connectivity index (χ0v) is 8.80. The number of benzene rings is 1. The van der Waals surface area contributed by atoms with Crippen molar-refractivity contribution in [3.63, 3.8) is 0 Å². The molecule has 2 bridgehead atoms. The molecule has 4 atom stereocenters. The summed E-state index contributed by atoms with van der Waals surface area (Å²) in [5.74, 6) is 5.80. The maximum atomic E-state index is 9.43. The third-order valence-corrected chi connectivity index (χ3v) is 6.82. The molecule has 4 fully saturated rings. The molecule has 0 radical (unpaired) electrons. The summed E-state index contributed by atoms with van der Waals surface area (Å²) in [6, 6.07) is 11.7. The van der Waals surface area contributed by atoms with Gasteiger partial charge in [0.15, 0.2) is 0 Å². The van der Waals surface area contributed by atoms with Crippen molar-refractivity contribution in [3.05, 3.63) is 35.4 Å². The van der Waals surface area contributed by atoms with Gasteiger partial charge in [-0.2, -0.15) is 5.26 Å². The standard InChI is InChI=1S/C15H11N/c16-5-15-12-9-7-4-2-1-3-6(7)8-10(12)14(15)11(8)13(9)15/h1-4,8-14H. The molecule has 1 nitrogen and oxygen atoms in total. The zero-order valence-electron chi connectivity index (χ0n) is 8.80. The van der Waals surface area contributed by atoms with E-state index in [1.54, 1.807) is 11.1 Å². The minimum absolute atomic E-state index is 0.185. The van der Waals surface area contributed by atoms with Crippen LogP contribution in [-0.4, -0.2) is 0 Å². The van der Waals surface area contributed by atoms with Crippen molar-refractivity contribution in [2.45, 2.75) is 11.8 Å². The molecule has 0 amide bonds. The van der Waals surface area contributed by atoms with Crippen LogP contribution >= 0.6 is 0 Å². The van der Waals surface area contributed by atoms with E-state index < -0.39 is 0 Å². The van der Waals surface area contributed by atoms with Crippen LogP contribution in [0.15, 0.2) is 24.3 Å². The third-order valence-electron chi connectivity index (χ3n) is 6.82. The fraction of sp³-hybridized carbons (Fsp3) is 0.533. The first kappa shape index (κ1) is 7.12. The maximum Gasteiger partial charge on any atom is 0.0699 e. The topological polar surface area (TPSA) is 23.8 Å². The minimum Gasteiger partial charge on any atom is -0.198 e. The van der Waals surface area contributed by atoms with E-state index in [1.165, 1.54) is 0 Å². The van der Waals surface area contributed by atoms with E-state index in [-0.39, 0.29) is 5.41 Å². The molecule has 0 aliphatic heterocycles. The molecule has 16 heavy (non-hydrogen) atoms. The lowest BCUT2D eigenvalue weighted by molar-refractivity contribution is -0.446. The normalized spacial score (nSPS) is 63.8. The minimum atomic E-state index is 0.185. The molecule has 0 aromatic heterocycles. The van der Waals surface area contributed by atoms with Gasteiger partial charge in [-0.05, 0) is 52.6 Å². The Kier molecular flexibility index (Phi) is 0.731. The second-order valence-electron chi connectivity index (χ2n) is 6.46. The van der Waals surface area contributed by atoms with Gasteiger partial charge in [-0.15, -0.1) is 0 Å².